The number of allylic oxidation sites excluding steroid dienone is 1. The first-order valence-electron chi connectivity index (χ1n) is 10.3. The van der Waals surface area contributed by atoms with Crippen molar-refractivity contribution in [3.63, 3.8) is 0 Å². The highest BCUT2D eigenvalue weighted by Gasteiger charge is 2.42. The standard InChI is InChI=1S/C27H23NOS2/c1-27(2)21-6-4-5-7-22(21)28(3)26(27)17-13-20-12-14-24(30-20)25-16-15-23(31-25)18-8-10-19(29)11-9-18/h4-17H,1-3H3/p+1. The highest BCUT2D eigenvalue weighted by Crippen LogP contribution is 2.40. The molecular formula is C27H24NOS2+. The van der Waals surface area contributed by atoms with Crippen LogP contribution in [0, 0.1) is 0 Å². The average Bonchev–Trinajstić information content (AvgIpc) is 3.47. The van der Waals surface area contributed by atoms with Crippen LogP contribution in [0.4, 0.5) is 5.69 Å². The number of hydrogen-bond acceptors (Lipinski definition) is 3. The molecule has 5 rings (SSSR count). The van der Waals surface area contributed by atoms with E-state index in [2.05, 4.69) is 86.2 Å². The number of para-hydroxylation sites is 1. The minimum atomic E-state index is -0.00525. The Labute approximate surface area is 191 Å². The fraction of sp³-hybridized carbons (Fsp3) is 0.148. The Hall–Kier alpha value is -2.95. The molecule has 31 heavy (non-hydrogen) atoms. The third kappa shape index (κ3) is 3.56. The zero-order valence-electron chi connectivity index (χ0n) is 17.8. The third-order valence-electron chi connectivity index (χ3n) is 5.97. The van der Waals surface area contributed by atoms with Crippen molar-refractivity contribution in [1.29, 1.82) is 0 Å². The summed E-state index contributed by atoms with van der Waals surface area (Å²) in [5.41, 5.74) is 5.11. The van der Waals surface area contributed by atoms with Crippen molar-refractivity contribution in [2.24, 2.45) is 0 Å². The van der Waals surface area contributed by atoms with Gasteiger partial charge in [0.15, 0.2) is 5.71 Å². The Morgan fingerprint density at radius 3 is 2.23 bits per heavy atom. The number of fused-ring (bicyclic) bond motifs is 1. The summed E-state index contributed by atoms with van der Waals surface area (Å²) < 4.78 is 2.31. The number of benzene rings is 2. The molecule has 2 nitrogen and oxygen atoms in total. The van der Waals surface area contributed by atoms with Crippen molar-refractivity contribution in [2.75, 3.05) is 7.05 Å². The molecule has 0 aliphatic carbocycles. The molecule has 0 saturated carbocycles. The second-order valence-corrected chi connectivity index (χ2v) is 10.5. The lowest BCUT2D eigenvalue weighted by Crippen LogP contribution is -2.26. The molecule has 2 aromatic heterocycles. The van der Waals surface area contributed by atoms with E-state index in [4.69, 9.17) is 0 Å². The molecule has 2 aromatic carbocycles. The van der Waals surface area contributed by atoms with E-state index in [0.717, 1.165) is 5.56 Å². The number of hydrogen-bond donors (Lipinski definition) is 1. The fourth-order valence-electron chi connectivity index (χ4n) is 4.29. The summed E-state index contributed by atoms with van der Waals surface area (Å²) in [6.45, 7) is 4.59. The van der Waals surface area contributed by atoms with Gasteiger partial charge in [0, 0.05) is 37.2 Å². The Bertz CT molecular complexity index is 1320. The van der Waals surface area contributed by atoms with E-state index in [9.17, 15) is 5.11 Å². The molecular weight excluding hydrogens is 418 g/mol. The molecule has 0 amide bonds. The van der Waals surface area contributed by atoms with E-state index in [1.807, 2.05) is 23.5 Å². The molecule has 0 bridgehead atoms. The van der Waals surface area contributed by atoms with Crippen molar-refractivity contribution in [2.45, 2.75) is 19.3 Å². The van der Waals surface area contributed by atoms with Gasteiger partial charge in [-0.15, -0.1) is 22.7 Å². The quantitative estimate of drug-likeness (QED) is 0.324. The van der Waals surface area contributed by atoms with Crippen molar-refractivity contribution >= 4 is 40.1 Å². The van der Waals surface area contributed by atoms with Gasteiger partial charge in [-0.2, -0.15) is 4.58 Å². The fourth-order valence-corrected chi connectivity index (χ4v) is 6.30. The van der Waals surface area contributed by atoms with Crippen LogP contribution in [0.1, 0.15) is 24.3 Å². The maximum atomic E-state index is 9.51. The molecule has 4 aromatic rings. The molecule has 0 atom stereocenters. The SMILES string of the molecule is C[N+]1=C(C=Cc2ccc(-c3ccc(-c4ccc(O)cc4)s3)s2)C(C)(C)c2ccccc21. The molecule has 1 aliphatic rings. The highest BCUT2D eigenvalue weighted by molar-refractivity contribution is 7.24. The molecule has 154 valence electrons. The largest absolute Gasteiger partial charge is 0.508 e. The number of phenolic OH excluding ortho intramolecular Hbond substituents is 1. The molecule has 1 aliphatic heterocycles. The molecule has 3 heterocycles. The topological polar surface area (TPSA) is 23.2 Å². The number of thiophene rings is 2. The van der Waals surface area contributed by atoms with Gasteiger partial charge < -0.3 is 5.11 Å². The second-order valence-electron chi connectivity index (χ2n) is 8.33. The second kappa shape index (κ2) is 7.63. The zero-order valence-corrected chi connectivity index (χ0v) is 19.4. The zero-order chi connectivity index (χ0) is 21.6. The predicted molar refractivity (Wildman–Crippen MR) is 134 cm³/mol. The van der Waals surface area contributed by atoms with Gasteiger partial charge >= 0.3 is 0 Å². The highest BCUT2D eigenvalue weighted by atomic mass is 32.1. The van der Waals surface area contributed by atoms with Crippen LogP contribution in [0.5, 0.6) is 5.75 Å². The Kier molecular flexibility index (Phi) is 4.92. The predicted octanol–water partition coefficient (Wildman–Crippen LogP) is 7.57. The molecule has 0 saturated heterocycles. The van der Waals surface area contributed by atoms with E-state index >= 15 is 0 Å². The van der Waals surface area contributed by atoms with Gasteiger partial charge in [0.2, 0.25) is 5.69 Å². The smallest absolute Gasteiger partial charge is 0.209 e. The van der Waals surface area contributed by atoms with Crippen molar-refractivity contribution in [3.05, 3.63) is 89.3 Å². The van der Waals surface area contributed by atoms with Gasteiger partial charge in [0.05, 0.1) is 5.41 Å². The van der Waals surface area contributed by atoms with Gasteiger partial charge in [-0.1, -0.05) is 18.2 Å². The Morgan fingerprint density at radius 2 is 1.45 bits per heavy atom. The molecule has 0 unspecified atom stereocenters. The third-order valence-corrected chi connectivity index (χ3v) is 8.35. The lowest BCUT2D eigenvalue weighted by molar-refractivity contribution is -0.401. The van der Waals surface area contributed by atoms with Crippen LogP contribution in [-0.2, 0) is 5.41 Å². The van der Waals surface area contributed by atoms with Crippen LogP contribution >= 0.6 is 22.7 Å². The first-order valence-corrected chi connectivity index (χ1v) is 11.9. The van der Waals surface area contributed by atoms with E-state index < -0.39 is 0 Å². The minimum absolute atomic E-state index is 0.00525. The lowest BCUT2D eigenvalue weighted by Gasteiger charge is -2.15. The summed E-state index contributed by atoms with van der Waals surface area (Å²) in [5, 5.41) is 9.51. The van der Waals surface area contributed by atoms with Crippen LogP contribution in [-0.4, -0.2) is 22.4 Å². The first-order chi connectivity index (χ1) is 14.9. The van der Waals surface area contributed by atoms with E-state index in [1.54, 1.807) is 23.5 Å². The molecule has 4 heteroatoms. The monoisotopic (exact) mass is 442 g/mol. The van der Waals surface area contributed by atoms with Crippen LogP contribution in [0.25, 0.3) is 26.3 Å². The van der Waals surface area contributed by atoms with Crippen LogP contribution in [0.3, 0.4) is 0 Å². The summed E-state index contributed by atoms with van der Waals surface area (Å²) in [6.07, 6.45) is 4.51. The first kappa shape index (κ1) is 20.0. The normalized spacial score (nSPS) is 15.1. The summed E-state index contributed by atoms with van der Waals surface area (Å²) in [5.74, 6) is 0.298. The van der Waals surface area contributed by atoms with E-state index in [-0.39, 0.29) is 5.41 Å². The maximum Gasteiger partial charge on any atom is 0.209 e. The molecule has 0 spiro atoms. The van der Waals surface area contributed by atoms with Gasteiger partial charge in [0.1, 0.15) is 12.8 Å². The van der Waals surface area contributed by atoms with Crippen molar-refractivity contribution in [3.8, 4) is 25.9 Å². The van der Waals surface area contributed by atoms with E-state index in [0.29, 0.717) is 5.75 Å². The Morgan fingerprint density at radius 1 is 0.774 bits per heavy atom. The number of rotatable bonds is 4. The number of phenols is 1. The molecule has 1 N–H and O–H groups in total. The van der Waals surface area contributed by atoms with Crippen LogP contribution < -0.4 is 0 Å². The van der Waals surface area contributed by atoms with Gasteiger partial charge in [-0.3, -0.25) is 0 Å². The van der Waals surface area contributed by atoms with Gasteiger partial charge in [-0.05, 0) is 74.0 Å². The molecule has 0 fully saturated rings. The summed E-state index contributed by atoms with van der Waals surface area (Å²) in [7, 11) is 2.16. The van der Waals surface area contributed by atoms with Gasteiger partial charge in [-0.25, -0.2) is 0 Å². The maximum absolute atomic E-state index is 9.51. The molecule has 0 radical (unpaired) electrons. The lowest BCUT2D eigenvalue weighted by atomic mass is 9.81. The number of nitrogens with zero attached hydrogens (tertiary/aromatic N) is 1. The summed E-state index contributed by atoms with van der Waals surface area (Å²) >= 11 is 3.60. The average molecular weight is 443 g/mol. The van der Waals surface area contributed by atoms with Crippen LogP contribution in [0.2, 0.25) is 0 Å². The van der Waals surface area contributed by atoms with Crippen molar-refractivity contribution < 1.29 is 9.68 Å². The Balaban J connectivity index is 1.39. The van der Waals surface area contributed by atoms with Crippen LogP contribution in [0.15, 0.2) is 78.9 Å². The minimum Gasteiger partial charge on any atom is -0.508 e. The van der Waals surface area contributed by atoms with E-state index in [1.165, 1.54) is 36.5 Å². The van der Waals surface area contributed by atoms with Gasteiger partial charge in [0.25, 0.3) is 0 Å². The van der Waals surface area contributed by atoms with Crippen molar-refractivity contribution in [1.82, 2.24) is 0 Å². The summed E-state index contributed by atoms with van der Waals surface area (Å²) in [6, 6.07) is 24.8. The number of aromatic hydroxyl groups is 1. The summed E-state index contributed by atoms with van der Waals surface area (Å²) in [4.78, 5) is 5.01.